The van der Waals surface area contributed by atoms with Gasteiger partial charge in [0.05, 0.1) is 7.11 Å². The number of carboxylic acid groups (broad SMARTS) is 1. The fourth-order valence-electron chi connectivity index (χ4n) is 2.43. The summed E-state index contributed by atoms with van der Waals surface area (Å²) in [4.78, 5) is 36.1. The van der Waals surface area contributed by atoms with Gasteiger partial charge in [0.2, 0.25) is 0 Å². The van der Waals surface area contributed by atoms with E-state index in [9.17, 15) is 14.4 Å². The number of ether oxygens (including phenoxy) is 1. The Morgan fingerprint density at radius 3 is 2.57 bits per heavy atom. The van der Waals surface area contributed by atoms with Gasteiger partial charge in [0.1, 0.15) is 6.04 Å². The summed E-state index contributed by atoms with van der Waals surface area (Å²) >= 11 is 0. The maximum absolute atomic E-state index is 12.2. The number of nitrogens with zero attached hydrogens (tertiary/aromatic N) is 1. The first-order chi connectivity index (χ1) is 9.85. The smallest absolute Gasteiger partial charge is 0.326 e. The Kier molecular flexibility index (Phi) is 6.45. The molecular formula is C14H24N2O5. The van der Waals surface area contributed by atoms with Crippen molar-refractivity contribution in [3.05, 3.63) is 0 Å². The number of esters is 1. The highest BCUT2D eigenvalue weighted by Gasteiger charge is 2.30. The lowest BCUT2D eigenvalue weighted by Crippen LogP contribution is -2.53. The molecule has 1 aliphatic rings. The van der Waals surface area contributed by atoms with E-state index in [1.54, 1.807) is 4.90 Å². The molecule has 7 heteroatoms. The standard InChI is InChI=1S/C14H24N2O5/c1-9-4-5-10(2)16(8-9)14(20)15-11(13(18)19)6-7-12(17)21-3/h9-11H,4-8H2,1-3H3,(H,15,20)(H,18,19)/t9?,10?,11-/m1/s1. The molecule has 120 valence electrons. The molecule has 1 aliphatic heterocycles. The van der Waals surface area contributed by atoms with Crippen LogP contribution in [0.1, 0.15) is 39.5 Å². The topological polar surface area (TPSA) is 95.9 Å². The Morgan fingerprint density at radius 1 is 1.33 bits per heavy atom. The number of carbonyl (C=O) groups is 3. The van der Waals surface area contributed by atoms with Gasteiger partial charge in [0.25, 0.3) is 0 Å². The van der Waals surface area contributed by atoms with E-state index in [0.29, 0.717) is 12.5 Å². The summed E-state index contributed by atoms with van der Waals surface area (Å²) in [7, 11) is 1.24. The largest absolute Gasteiger partial charge is 0.480 e. The minimum Gasteiger partial charge on any atom is -0.480 e. The van der Waals surface area contributed by atoms with Gasteiger partial charge in [-0.1, -0.05) is 6.92 Å². The number of urea groups is 1. The molecule has 0 spiro atoms. The van der Waals surface area contributed by atoms with Crippen LogP contribution in [0.4, 0.5) is 4.79 Å². The highest BCUT2D eigenvalue weighted by atomic mass is 16.5. The number of carboxylic acids is 1. The van der Waals surface area contributed by atoms with Crippen molar-refractivity contribution < 1.29 is 24.2 Å². The van der Waals surface area contributed by atoms with E-state index in [4.69, 9.17) is 5.11 Å². The first kappa shape index (κ1) is 17.3. The summed E-state index contributed by atoms with van der Waals surface area (Å²) in [6, 6.07) is -1.37. The number of amides is 2. The number of carbonyl (C=O) groups excluding carboxylic acids is 2. The minimum atomic E-state index is -1.15. The van der Waals surface area contributed by atoms with Crippen LogP contribution in [0.3, 0.4) is 0 Å². The molecule has 1 rings (SSSR count). The number of nitrogens with one attached hydrogen (secondary N) is 1. The molecule has 3 atom stereocenters. The van der Waals surface area contributed by atoms with Crippen molar-refractivity contribution in [1.29, 1.82) is 0 Å². The molecule has 2 unspecified atom stereocenters. The predicted octanol–water partition coefficient (Wildman–Crippen LogP) is 1.22. The van der Waals surface area contributed by atoms with E-state index >= 15 is 0 Å². The Bertz CT molecular complexity index is 399. The average Bonchev–Trinajstić information content (AvgIpc) is 2.44. The van der Waals surface area contributed by atoms with Crippen LogP contribution in [0.5, 0.6) is 0 Å². The van der Waals surface area contributed by atoms with Gasteiger partial charge in [-0.3, -0.25) is 4.79 Å². The van der Waals surface area contributed by atoms with Crippen LogP contribution in [-0.2, 0) is 14.3 Å². The van der Waals surface area contributed by atoms with Gasteiger partial charge < -0.3 is 20.1 Å². The van der Waals surface area contributed by atoms with Crippen LogP contribution in [0, 0.1) is 5.92 Å². The molecule has 0 saturated carbocycles. The summed E-state index contributed by atoms with van der Waals surface area (Å²) in [6.45, 7) is 4.64. The van der Waals surface area contributed by atoms with Crippen molar-refractivity contribution in [3.8, 4) is 0 Å². The lowest BCUT2D eigenvalue weighted by atomic mass is 9.95. The highest BCUT2D eigenvalue weighted by molar-refractivity contribution is 5.83. The van der Waals surface area contributed by atoms with Crippen molar-refractivity contribution in [3.63, 3.8) is 0 Å². The number of aliphatic carboxylic acids is 1. The minimum absolute atomic E-state index is 0.0194. The molecule has 2 amide bonds. The van der Waals surface area contributed by atoms with Crippen LogP contribution < -0.4 is 5.32 Å². The molecule has 0 bridgehead atoms. The second kappa shape index (κ2) is 7.85. The van der Waals surface area contributed by atoms with Crippen LogP contribution in [0.2, 0.25) is 0 Å². The average molecular weight is 300 g/mol. The van der Waals surface area contributed by atoms with E-state index in [1.807, 2.05) is 6.92 Å². The zero-order chi connectivity index (χ0) is 16.0. The summed E-state index contributed by atoms with van der Waals surface area (Å²) in [6.07, 6.45) is 1.95. The molecule has 0 aromatic heterocycles. The maximum Gasteiger partial charge on any atom is 0.326 e. The lowest BCUT2D eigenvalue weighted by molar-refractivity contribution is -0.142. The lowest BCUT2D eigenvalue weighted by Gasteiger charge is -2.37. The monoisotopic (exact) mass is 300 g/mol. The molecule has 0 aromatic carbocycles. The normalized spacial score (nSPS) is 23.3. The number of piperidine rings is 1. The number of rotatable bonds is 5. The molecule has 0 radical (unpaired) electrons. The predicted molar refractivity (Wildman–Crippen MR) is 75.8 cm³/mol. The SMILES string of the molecule is COC(=O)CC[C@@H](NC(=O)N1CC(C)CCC1C)C(=O)O. The molecular weight excluding hydrogens is 276 g/mol. The van der Waals surface area contributed by atoms with Crippen LogP contribution >= 0.6 is 0 Å². The zero-order valence-corrected chi connectivity index (χ0v) is 12.8. The van der Waals surface area contributed by atoms with Gasteiger partial charge in [-0.25, -0.2) is 9.59 Å². The third-order valence-electron chi connectivity index (χ3n) is 3.84. The summed E-state index contributed by atoms with van der Waals surface area (Å²) < 4.78 is 4.48. The maximum atomic E-state index is 12.2. The zero-order valence-electron chi connectivity index (χ0n) is 12.8. The second-order valence-corrected chi connectivity index (χ2v) is 5.64. The quantitative estimate of drug-likeness (QED) is 0.744. The van der Waals surface area contributed by atoms with E-state index < -0.39 is 18.0 Å². The van der Waals surface area contributed by atoms with Crippen LogP contribution in [0.15, 0.2) is 0 Å². The van der Waals surface area contributed by atoms with Gasteiger partial charge in [0, 0.05) is 19.0 Å². The molecule has 0 aromatic rings. The second-order valence-electron chi connectivity index (χ2n) is 5.64. The van der Waals surface area contributed by atoms with Crippen molar-refractivity contribution in [2.45, 2.75) is 51.6 Å². The van der Waals surface area contributed by atoms with Crippen molar-refractivity contribution >= 4 is 18.0 Å². The molecule has 1 heterocycles. The van der Waals surface area contributed by atoms with E-state index in [-0.39, 0.29) is 24.9 Å². The summed E-state index contributed by atoms with van der Waals surface area (Å²) in [5.74, 6) is -1.23. The van der Waals surface area contributed by atoms with Gasteiger partial charge >= 0.3 is 18.0 Å². The third kappa shape index (κ3) is 5.24. The van der Waals surface area contributed by atoms with Crippen molar-refractivity contribution in [1.82, 2.24) is 10.2 Å². The molecule has 0 aliphatic carbocycles. The first-order valence-electron chi connectivity index (χ1n) is 7.21. The highest BCUT2D eigenvalue weighted by Crippen LogP contribution is 2.21. The third-order valence-corrected chi connectivity index (χ3v) is 3.84. The molecule has 1 fully saturated rings. The van der Waals surface area contributed by atoms with E-state index in [0.717, 1.165) is 12.8 Å². The van der Waals surface area contributed by atoms with Crippen molar-refractivity contribution in [2.75, 3.05) is 13.7 Å². The Hall–Kier alpha value is -1.79. The fraction of sp³-hybridized carbons (Fsp3) is 0.786. The molecule has 21 heavy (non-hydrogen) atoms. The Labute approximate surface area is 124 Å². The Balaban J connectivity index is 2.59. The summed E-state index contributed by atoms with van der Waals surface area (Å²) in [5, 5.41) is 11.6. The van der Waals surface area contributed by atoms with Crippen LogP contribution in [0.25, 0.3) is 0 Å². The number of likely N-dealkylation sites (tertiary alicyclic amines) is 1. The fourth-order valence-corrected chi connectivity index (χ4v) is 2.43. The number of hydrogen-bond donors (Lipinski definition) is 2. The summed E-state index contributed by atoms with van der Waals surface area (Å²) in [5.41, 5.74) is 0. The molecule has 2 N–H and O–H groups in total. The van der Waals surface area contributed by atoms with Gasteiger partial charge in [-0.05, 0) is 32.1 Å². The Morgan fingerprint density at radius 2 is 2.00 bits per heavy atom. The molecule has 1 saturated heterocycles. The van der Waals surface area contributed by atoms with Gasteiger partial charge in [0.15, 0.2) is 0 Å². The van der Waals surface area contributed by atoms with Gasteiger partial charge in [-0.2, -0.15) is 0 Å². The number of hydrogen-bond acceptors (Lipinski definition) is 4. The number of methoxy groups -OCH3 is 1. The van der Waals surface area contributed by atoms with Gasteiger partial charge in [-0.15, -0.1) is 0 Å². The van der Waals surface area contributed by atoms with E-state index in [2.05, 4.69) is 17.0 Å². The molecule has 7 nitrogen and oxygen atoms in total. The van der Waals surface area contributed by atoms with Crippen molar-refractivity contribution in [2.24, 2.45) is 5.92 Å². The first-order valence-corrected chi connectivity index (χ1v) is 7.21. The van der Waals surface area contributed by atoms with Crippen LogP contribution in [-0.4, -0.2) is 53.7 Å². The van der Waals surface area contributed by atoms with E-state index in [1.165, 1.54) is 7.11 Å².